The summed E-state index contributed by atoms with van der Waals surface area (Å²) in [7, 11) is 0. The van der Waals surface area contributed by atoms with Gasteiger partial charge in [0.1, 0.15) is 6.23 Å². The Labute approximate surface area is 173 Å². The van der Waals surface area contributed by atoms with Gasteiger partial charge in [0.25, 0.3) is 0 Å². The fraction of sp³-hybridized carbons (Fsp3) is 0.684. The second-order valence-corrected chi connectivity index (χ2v) is 8.90. The number of fused-ring (bicyclic) bond motifs is 3. The predicted molar refractivity (Wildman–Crippen MR) is 105 cm³/mol. The lowest BCUT2D eigenvalue weighted by Crippen LogP contribution is -2.48. The number of β-lactam (4-membered cyclic amide) rings is 4. The van der Waals surface area contributed by atoms with Gasteiger partial charge in [0.2, 0.25) is 23.6 Å². The third kappa shape index (κ3) is 4.42. The van der Waals surface area contributed by atoms with E-state index in [1.807, 2.05) is 22.9 Å². The Bertz CT molecular complexity index is 691. The van der Waals surface area contributed by atoms with Gasteiger partial charge in [-0.15, -0.1) is 11.8 Å². The van der Waals surface area contributed by atoms with Gasteiger partial charge in [-0.1, -0.05) is 6.08 Å². The molecule has 7 rings (SSSR count). The van der Waals surface area contributed by atoms with E-state index in [0.29, 0.717) is 23.7 Å². The Hall–Kier alpha value is -2.07. The minimum absolute atomic E-state index is 0.155. The highest BCUT2D eigenvalue weighted by atomic mass is 32.2. The van der Waals surface area contributed by atoms with Gasteiger partial charge >= 0.3 is 0 Å². The molecule has 6 saturated heterocycles. The summed E-state index contributed by atoms with van der Waals surface area (Å²) >= 11 is 1.90. The lowest BCUT2D eigenvalue weighted by Gasteiger charge is -2.32. The largest absolute Gasteiger partial charge is 0.356 e. The van der Waals surface area contributed by atoms with Crippen LogP contribution in [0.4, 0.5) is 0 Å². The Morgan fingerprint density at radius 1 is 1.00 bits per heavy atom. The van der Waals surface area contributed by atoms with Crippen LogP contribution >= 0.6 is 11.8 Å². The van der Waals surface area contributed by atoms with Crippen molar-refractivity contribution in [1.82, 2.24) is 20.0 Å². The molecule has 0 aromatic rings. The van der Waals surface area contributed by atoms with Gasteiger partial charge in [-0.05, 0) is 6.42 Å². The van der Waals surface area contributed by atoms with E-state index in [1.54, 1.807) is 9.80 Å². The maximum Gasteiger partial charge on any atom is 0.229 e. The fourth-order valence-corrected chi connectivity index (χ4v) is 4.95. The van der Waals surface area contributed by atoms with E-state index in [-0.39, 0.29) is 23.9 Å². The number of amides is 4. The molecule has 7 aliphatic rings. The maximum atomic E-state index is 10.6. The molecule has 10 heteroatoms. The van der Waals surface area contributed by atoms with Crippen molar-refractivity contribution in [3.63, 3.8) is 0 Å². The van der Waals surface area contributed by atoms with E-state index in [1.165, 1.54) is 0 Å². The van der Waals surface area contributed by atoms with Crippen LogP contribution in [-0.4, -0.2) is 88.0 Å². The fourth-order valence-electron chi connectivity index (χ4n) is 3.72. The van der Waals surface area contributed by atoms with E-state index < -0.39 is 0 Å². The number of carbonyl (C=O) groups excluding carboxylic acids is 4. The third-order valence-corrected chi connectivity index (χ3v) is 6.98. The van der Waals surface area contributed by atoms with Crippen LogP contribution in [0.3, 0.4) is 0 Å². The Kier molecular flexibility index (Phi) is 6.09. The van der Waals surface area contributed by atoms with E-state index in [4.69, 9.17) is 4.74 Å². The molecule has 7 aliphatic heterocycles. The minimum Gasteiger partial charge on any atom is -0.356 e. The van der Waals surface area contributed by atoms with Gasteiger partial charge in [0, 0.05) is 50.5 Å². The molecule has 158 valence electrons. The Morgan fingerprint density at radius 3 is 2.17 bits per heavy atom. The van der Waals surface area contributed by atoms with Crippen molar-refractivity contribution in [2.24, 2.45) is 0 Å². The zero-order chi connectivity index (χ0) is 20.4. The lowest BCUT2D eigenvalue weighted by atomic mass is 10.0. The average Bonchev–Trinajstić information content (AvgIpc) is 3.36. The number of nitrogens with one attached hydrogen (secondary N) is 1. The third-order valence-electron chi connectivity index (χ3n) is 5.76. The Balaban J connectivity index is 0.0000000956. The standard InChI is InChI=1S/C6H7NO.C5H7NO2.C5H7NOS.C3H5NO/c8-6-4-5-2-1-3-7(5)6;2*7-4-3-5-6(4)1-2-8-5;5-3-1-2-4-3/h1,3,5H,2,4H2;2*5H,1-3H2;1-2H2,(H,4,5). The SMILES string of the molecule is O=C1CC2CC=CN12.O=C1CC2OCCN12.O=C1CC2SCCN12.O=C1CCN1. The van der Waals surface area contributed by atoms with Crippen molar-refractivity contribution in [2.75, 3.05) is 32.0 Å². The molecule has 0 aliphatic carbocycles. The van der Waals surface area contributed by atoms with Crippen LogP contribution < -0.4 is 5.32 Å². The monoisotopic (exact) mass is 422 g/mol. The first-order chi connectivity index (χ1) is 14.0. The van der Waals surface area contributed by atoms with Gasteiger partial charge in [0.05, 0.1) is 24.8 Å². The molecule has 0 aromatic heterocycles. The number of carbonyl (C=O) groups is 4. The minimum atomic E-state index is 0.155. The zero-order valence-electron chi connectivity index (χ0n) is 16.2. The van der Waals surface area contributed by atoms with E-state index >= 15 is 0 Å². The number of rotatable bonds is 0. The first kappa shape index (κ1) is 20.2. The van der Waals surface area contributed by atoms with Crippen LogP contribution in [0, 0.1) is 0 Å². The number of hydrogen-bond acceptors (Lipinski definition) is 6. The normalized spacial score (nSPS) is 31.7. The summed E-state index contributed by atoms with van der Waals surface area (Å²) in [6, 6.07) is 0.544. The molecular weight excluding hydrogens is 396 g/mol. The first-order valence-corrected chi connectivity index (χ1v) is 11.1. The van der Waals surface area contributed by atoms with Crippen molar-refractivity contribution in [3.8, 4) is 0 Å². The molecular formula is C19H26N4O5S. The van der Waals surface area contributed by atoms with Crippen LogP contribution in [0.15, 0.2) is 12.3 Å². The molecule has 0 saturated carbocycles. The molecule has 6 fully saturated rings. The second kappa shape index (κ2) is 8.74. The van der Waals surface area contributed by atoms with Crippen LogP contribution in [0.2, 0.25) is 0 Å². The number of hydrogen-bond donors (Lipinski definition) is 1. The van der Waals surface area contributed by atoms with Gasteiger partial charge in [-0.2, -0.15) is 0 Å². The molecule has 0 spiro atoms. The molecule has 7 heterocycles. The van der Waals surface area contributed by atoms with Gasteiger partial charge in [0.15, 0.2) is 0 Å². The van der Waals surface area contributed by atoms with Crippen LogP contribution in [-0.2, 0) is 23.9 Å². The van der Waals surface area contributed by atoms with Gasteiger partial charge < -0.3 is 24.8 Å². The topological polar surface area (TPSA) is 99.3 Å². The van der Waals surface area contributed by atoms with E-state index in [2.05, 4.69) is 11.4 Å². The summed E-state index contributed by atoms with van der Waals surface area (Å²) in [5.74, 6) is 2.21. The number of thioether (sulfide) groups is 1. The molecule has 3 unspecified atom stereocenters. The first-order valence-electron chi connectivity index (χ1n) is 10.1. The van der Waals surface area contributed by atoms with E-state index in [0.717, 1.165) is 57.7 Å². The highest BCUT2D eigenvalue weighted by molar-refractivity contribution is 8.00. The van der Waals surface area contributed by atoms with Gasteiger partial charge in [-0.3, -0.25) is 19.2 Å². The van der Waals surface area contributed by atoms with Crippen LogP contribution in [0.1, 0.15) is 32.1 Å². The predicted octanol–water partition coefficient (Wildman–Crippen LogP) is -0.122. The van der Waals surface area contributed by atoms with Crippen LogP contribution in [0.5, 0.6) is 0 Å². The molecule has 3 atom stereocenters. The van der Waals surface area contributed by atoms with Crippen LogP contribution in [0.25, 0.3) is 0 Å². The highest BCUT2D eigenvalue weighted by Gasteiger charge is 2.40. The number of ether oxygens (including phenoxy) is 1. The summed E-state index contributed by atoms with van der Waals surface area (Å²) < 4.78 is 5.13. The quantitative estimate of drug-likeness (QED) is 0.547. The molecule has 0 aromatic carbocycles. The molecule has 1 N–H and O–H groups in total. The van der Waals surface area contributed by atoms with Crippen molar-refractivity contribution >= 4 is 35.4 Å². The lowest BCUT2D eigenvalue weighted by molar-refractivity contribution is -0.155. The summed E-state index contributed by atoms with van der Waals surface area (Å²) in [5, 5.41) is 3.14. The van der Waals surface area contributed by atoms with Crippen molar-refractivity contribution in [2.45, 2.75) is 49.7 Å². The summed E-state index contributed by atoms with van der Waals surface area (Å²) in [4.78, 5) is 47.1. The molecule has 29 heavy (non-hydrogen) atoms. The Morgan fingerprint density at radius 2 is 1.76 bits per heavy atom. The summed E-state index contributed by atoms with van der Waals surface area (Å²) in [6.07, 6.45) is 8.08. The van der Waals surface area contributed by atoms with Crippen molar-refractivity contribution in [1.29, 1.82) is 0 Å². The second-order valence-electron chi connectivity index (χ2n) is 7.61. The summed E-state index contributed by atoms with van der Waals surface area (Å²) in [6.45, 7) is 3.42. The molecule has 9 nitrogen and oxygen atoms in total. The highest BCUT2D eigenvalue weighted by Crippen LogP contribution is 2.34. The number of nitrogens with zero attached hydrogens (tertiary/aromatic N) is 3. The van der Waals surface area contributed by atoms with E-state index in [9.17, 15) is 19.2 Å². The summed E-state index contributed by atoms with van der Waals surface area (Å²) in [5.41, 5.74) is 0. The molecule has 4 amide bonds. The average molecular weight is 423 g/mol. The van der Waals surface area contributed by atoms with Crippen molar-refractivity contribution < 1.29 is 23.9 Å². The molecule has 0 radical (unpaired) electrons. The smallest absolute Gasteiger partial charge is 0.229 e. The zero-order valence-corrected chi connectivity index (χ0v) is 17.1. The van der Waals surface area contributed by atoms with Crippen molar-refractivity contribution in [3.05, 3.63) is 12.3 Å². The molecule has 0 bridgehead atoms. The maximum absolute atomic E-state index is 10.6. The van der Waals surface area contributed by atoms with Gasteiger partial charge in [-0.25, -0.2) is 0 Å².